The maximum absolute atomic E-state index is 12.7. The van der Waals surface area contributed by atoms with E-state index in [1.165, 1.54) is 51.6 Å². The fourth-order valence-electron chi connectivity index (χ4n) is 3.58. The highest BCUT2D eigenvalue weighted by atomic mass is 32.2. The Balaban J connectivity index is 1.94. The van der Waals surface area contributed by atoms with Crippen molar-refractivity contribution < 1.29 is 27.5 Å². The molecule has 0 aromatic heterocycles. The van der Waals surface area contributed by atoms with Crippen LogP contribution in [0.5, 0.6) is 0 Å². The number of esters is 1. The highest BCUT2D eigenvalue weighted by Gasteiger charge is 2.29. The summed E-state index contributed by atoms with van der Waals surface area (Å²) in [5.41, 5.74) is 0.461. The molecule has 1 N–H and O–H groups in total. The summed E-state index contributed by atoms with van der Waals surface area (Å²) in [6.07, 6.45) is 4.19. The molecule has 1 fully saturated rings. The maximum Gasteiger partial charge on any atom is 0.322 e. The molecule has 1 aromatic rings. The van der Waals surface area contributed by atoms with Gasteiger partial charge in [-0.3, -0.25) is 14.4 Å². The molecule has 2 rings (SSSR count). The Bertz CT molecular complexity index is 894. The van der Waals surface area contributed by atoms with Gasteiger partial charge in [0.05, 0.1) is 4.90 Å². The van der Waals surface area contributed by atoms with Crippen molar-refractivity contribution in [3.8, 4) is 0 Å². The molecule has 31 heavy (non-hydrogen) atoms. The number of sulfonamides is 1. The summed E-state index contributed by atoms with van der Waals surface area (Å²) in [5, 5.41) is 2.55. The molecule has 0 radical (unpaired) electrons. The Hall–Kier alpha value is -2.46. The Labute approximate surface area is 183 Å². The van der Waals surface area contributed by atoms with E-state index in [0.717, 1.165) is 30.0 Å². The van der Waals surface area contributed by atoms with Crippen LogP contribution < -0.4 is 5.32 Å². The summed E-state index contributed by atoms with van der Waals surface area (Å²) < 4.78 is 31.5. The van der Waals surface area contributed by atoms with E-state index in [1.54, 1.807) is 11.9 Å². The lowest BCUT2D eigenvalue weighted by atomic mass is 9.94. The zero-order valence-corrected chi connectivity index (χ0v) is 19.3. The van der Waals surface area contributed by atoms with E-state index in [4.69, 9.17) is 4.74 Å². The lowest BCUT2D eigenvalue weighted by molar-refractivity contribution is -0.159. The standard InChI is InChI=1S/C21H31N3O6S/c1-15(21(27)24(4)18-8-6-5-7-9-18)30-20(26)14-23(3)31(28,29)19-12-10-17(11-13-19)22-16(2)25/h10-13,15,18H,5-9,14H2,1-4H3,(H,22,25)/t15-/m1/s1. The third-order valence-corrected chi connectivity index (χ3v) is 7.18. The van der Waals surface area contributed by atoms with E-state index in [-0.39, 0.29) is 22.8 Å². The van der Waals surface area contributed by atoms with Crippen molar-refractivity contribution in [1.29, 1.82) is 0 Å². The Morgan fingerprint density at radius 1 is 1.10 bits per heavy atom. The smallest absolute Gasteiger partial charge is 0.322 e. The number of hydrogen-bond donors (Lipinski definition) is 1. The highest BCUT2D eigenvalue weighted by Crippen LogP contribution is 2.22. The number of carbonyl (C=O) groups excluding carboxylic acids is 3. The second kappa shape index (κ2) is 10.7. The van der Waals surface area contributed by atoms with Gasteiger partial charge >= 0.3 is 5.97 Å². The van der Waals surface area contributed by atoms with E-state index in [1.807, 2.05) is 0 Å². The second-order valence-corrected chi connectivity index (χ2v) is 9.88. The van der Waals surface area contributed by atoms with Crippen molar-refractivity contribution in [3.63, 3.8) is 0 Å². The zero-order chi connectivity index (χ0) is 23.2. The van der Waals surface area contributed by atoms with Crippen LogP contribution in [0.3, 0.4) is 0 Å². The van der Waals surface area contributed by atoms with Crippen LogP contribution in [0.1, 0.15) is 46.0 Å². The molecule has 1 aromatic carbocycles. The van der Waals surface area contributed by atoms with E-state index >= 15 is 0 Å². The molecule has 0 heterocycles. The summed E-state index contributed by atoms with van der Waals surface area (Å²) in [7, 11) is -0.969. The van der Waals surface area contributed by atoms with Gasteiger partial charge in [-0.15, -0.1) is 0 Å². The fraction of sp³-hybridized carbons (Fsp3) is 0.571. The molecule has 1 atom stereocenters. The minimum Gasteiger partial charge on any atom is -0.452 e. The second-order valence-electron chi connectivity index (χ2n) is 7.84. The lowest BCUT2D eigenvalue weighted by Gasteiger charge is -2.32. The monoisotopic (exact) mass is 453 g/mol. The summed E-state index contributed by atoms with van der Waals surface area (Å²) in [6, 6.07) is 5.75. The normalized spacial score (nSPS) is 15.9. The van der Waals surface area contributed by atoms with Crippen LogP contribution in [0.4, 0.5) is 5.69 Å². The van der Waals surface area contributed by atoms with Crippen molar-refractivity contribution in [1.82, 2.24) is 9.21 Å². The van der Waals surface area contributed by atoms with Crippen molar-refractivity contribution in [3.05, 3.63) is 24.3 Å². The first-order valence-corrected chi connectivity index (χ1v) is 11.8. The highest BCUT2D eigenvalue weighted by molar-refractivity contribution is 7.89. The van der Waals surface area contributed by atoms with E-state index < -0.39 is 28.6 Å². The number of nitrogens with one attached hydrogen (secondary N) is 1. The van der Waals surface area contributed by atoms with Crippen LogP contribution in [-0.2, 0) is 29.1 Å². The van der Waals surface area contributed by atoms with Crippen LogP contribution in [0.15, 0.2) is 29.2 Å². The van der Waals surface area contributed by atoms with Gasteiger partial charge in [0.1, 0.15) is 6.54 Å². The molecule has 0 aliphatic heterocycles. The van der Waals surface area contributed by atoms with Crippen LogP contribution >= 0.6 is 0 Å². The van der Waals surface area contributed by atoms with Gasteiger partial charge in [-0.05, 0) is 44.0 Å². The third kappa shape index (κ3) is 6.76. The molecule has 9 nitrogen and oxygen atoms in total. The Kier molecular flexibility index (Phi) is 8.58. The van der Waals surface area contributed by atoms with Gasteiger partial charge in [0.25, 0.3) is 5.91 Å². The number of likely N-dealkylation sites (N-methyl/N-ethyl adjacent to an activating group) is 2. The van der Waals surface area contributed by atoms with Crippen molar-refractivity contribution in [2.24, 2.45) is 0 Å². The van der Waals surface area contributed by atoms with Gasteiger partial charge in [0, 0.05) is 32.7 Å². The topological polar surface area (TPSA) is 113 Å². The minimum absolute atomic E-state index is 0.0296. The fourth-order valence-corrected chi connectivity index (χ4v) is 4.70. The number of rotatable bonds is 8. The molecule has 172 valence electrons. The van der Waals surface area contributed by atoms with Crippen LogP contribution in [0.2, 0.25) is 0 Å². The summed E-state index contributed by atoms with van der Waals surface area (Å²) in [6.45, 7) is 2.32. The number of ether oxygens (including phenoxy) is 1. The average Bonchev–Trinajstić information content (AvgIpc) is 2.73. The van der Waals surface area contributed by atoms with Gasteiger partial charge in [-0.2, -0.15) is 4.31 Å². The molecule has 0 spiro atoms. The van der Waals surface area contributed by atoms with Gasteiger partial charge in [-0.25, -0.2) is 8.42 Å². The predicted octanol–water partition coefficient (Wildman–Crippen LogP) is 1.99. The van der Waals surface area contributed by atoms with Crippen LogP contribution in [0, 0.1) is 0 Å². The number of anilines is 1. The number of hydrogen-bond acceptors (Lipinski definition) is 6. The molecule has 0 bridgehead atoms. The lowest BCUT2D eigenvalue weighted by Crippen LogP contribution is -2.45. The molecule has 10 heteroatoms. The van der Waals surface area contributed by atoms with E-state index in [2.05, 4.69) is 5.32 Å². The molecule has 1 saturated carbocycles. The maximum atomic E-state index is 12.7. The third-order valence-electron chi connectivity index (χ3n) is 5.36. The largest absolute Gasteiger partial charge is 0.452 e. The number of carbonyl (C=O) groups is 3. The molecule has 1 aliphatic carbocycles. The molecule has 0 unspecified atom stereocenters. The molecular weight excluding hydrogens is 422 g/mol. The molecule has 2 amide bonds. The summed E-state index contributed by atoms with van der Waals surface area (Å²) in [5.74, 6) is -1.37. The van der Waals surface area contributed by atoms with Crippen molar-refractivity contribution in [2.45, 2.75) is 63.0 Å². The summed E-state index contributed by atoms with van der Waals surface area (Å²) >= 11 is 0. The minimum atomic E-state index is -3.94. The SMILES string of the molecule is CC(=O)Nc1ccc(S(=O)(=O)N(C)CC(=O)O[C@H](C)C(=O)N(C)C2CCCCC2)cc1. The first-order valence-electron chi connectivity index (χ1n) is 10.3. The first-order chi connectivity index (χ1) is 14.5. The zero-order valence-electron chi connectivity index (χ0n) is 18.5. The van der Waals surface area contributed by atoms with Gasteiger partial charge in [0.2, 0.25) is 15.9 Å². The molecular formula is C21H31N3O6S. The Morgan fingerprint density at radius 2 is 1.68 bits per heavy atom. The molecule has 1 aliphatic rings. The van der Waals surface area contributed by atoms with Gasteiger partial charge in [-0.1, -0.05) is 19.3 Å². The van der Waals surface area contributed by atoms with Gasteiger partial charge in [0.15, 0.2) is 6.10 Å². The van der Waals surface area contributed by atoms with E-state index in [0.29, 0.717) is 5.69 Å². The van der Waals surface area contributed by atoms with Gasteiger partial charge < -0.3 is 15.0 Å². The van der Waals surface area contributed by atoms with Crippen molar-refractivity contribution in [2.75, 3.05) is 26.0 Å². The Morgan fingerprint density at radius 3 is 2.23 bits per heavy atom. The quantitative estimate of drug-likeness (QED) is 0.602. The number of benzene rings is 1. The predicted molar refractivity (Wildman–Crippen MR) is 116 cm³/mol. The number of amides is 2. The summed E-state index contributed by atoms with van der Waals surface area (Å²) in [4.78, 5) is 37.5. The first kappa shape index (κ1) is 24.8. The van der Waals surface area contributed by atoms with Crippen LogP contribution in [-0.4, -0.2) is 68.2 Å². The van der Waals surface area contributed by atoms with Crippen LogP contribution in [0.25, 0.3) is 0 Å². The average molecular weight is 454 g/mol. The van der Waals surface area contributed by atoms with Crippen molar-refractivity contribution >= 4 is 33.5 Å². The number of nitrogens with zero attached hydrogens (tertiary/aromatic N) is 2. The molecule has 0 saturated heterocycles. The van der Waals surface area contributed by atoms with E-state index in [9.17, 15) is 22.8 Å².